The van der Waals surface area contributed by atoms with E-state index in [1.165, 1.54) is 0 Å². The van der Waals surface area contributed by atoms with Gasteiger partial charge in [0.05, 0.1) is 6.54 Å². The molecule has 1 unspecified atom stereocenters. The Morgan fingerprint density at radius 1 is 1.18 bits per heavy atom. The summed E-state index contributed by atoms with van der Waals surface area (Å²) >= 11 is 0. The van der Waals surface area contributed by atoms with Crippen molar-refractivity contribution in [2.45, 2.75) is 31.7 Å². The molecule has 2 heterocycles. The van der Waals surface area contributed by atoms with Crippen LogP contribution >= 0.6 is 0 Å². The molecular weight excluding hydrogens is 284 g/mol. The first-order chi connectivity index (χ1) is 10.4. The van der Waals surface area contributed by atoms with Gasteiger partial charge in [0.15, 0.2) is 0 Å². The van der Waals surface area contributed by atoms with E-state index < -0.39 is 11.8 Å². The van der Waals surface area contributed by atoms with Crippen molar-refractivity contribution in [1.29, 1.82) is 0 Å². The predicted octanol–water partition coefficient (Wildman–Crippen LogP) is -0.737. The van der Waals surface area contributed by atoms with Crippen molar-refractivity contribution in [3.63, 3.8) is 0 Å². The second-order valence-corrected chi connectivity index (χ2v) is 6.48. The van der Waals surface area contributed by atoms with E-state index in [-0.39, 0.29) is 17.9 Å². The van der Waals surface area contributed by atoms with E-state index in [9.17, 15) is 14.4 Å². The van der Waals surface area contributed by atoms with Crippen molar-refractivity contribution < 1.29 is 14.4 Å². The number of carbonyl (C=O) groups is 3. The van der Waals surface area contributed by atoms with E-state index in [4.69, 9.17) is 5.73 Å². The smallest absolute Gasteiger partial charge is 0.236 e. The quantitative estimate of drug-likeness (QED) is 0.693. The van der Waals surface area contributed by atoms with Crippen LogP contribution in [0.15, 0.2) is 0 Å². The highest BCUT2D eigenvalue weighted by atomic mass is 16.2. The van der Waals surface area contributed by atoms with E-state index in [0.29, 0.717) is 32.6 Å². The Morgan fingerprint density at radius 3 is 2.36 bits per heavy atom. The van der Waals surface area contributed by atoms with Crippen molar-refractivity contribution in [2.75, 3.05) is 40.3 Å². The van der Waals surface area contributed by atoms with E-state index in [2.05, 4.69) is 0 Å². The summed E-state index contributed by atoms with van der Waals surface area (Å²) in [5, 5.41) is 0. The Hall–Kier alpha value is -1.63. The van der Waals surface area contributed by atoms with Gasteiger partial charge in [-0.05, 0) is 39.8 Å². The molecule has 2 fully saturated rings. The third-order valence-electron chi connectivity index (χ3n) is 4.53. The summed E-state index contributed by atoms with van der Waals surface area (Å²) in [4.78, 5) is 41.3. The number of likely N-dealkylation sites (N-methyl/N-ethyl adjacent to an activating group) is 1. The monoisotopic (exact) mass is 310 g/mol. The molecule has 2 aliphatic rings. The Labute approximate surface area is 131 Å². The highest BCUT2D eigenvalue weighted by molar-refractivity contribution is 6.00. The topological polar surface area (TPSA) is 86.9 Å². The summed E-state index contributed by atoms with van der Waals surface area (Å²) in [7, 11) is 3.75. The number of nitrogens with zero attached hydrogens (tertiary/aromatic N) is 3. The number of likely N-dealkylation sites (tertiary alicyclic amines) is 2. The number of amides is 3. The molecule has 0 spiro atoms. The molecule has 2 rings (SSSR count). The van der Waals surface area contributed by atoms with Crippen LogP contribution in [0.1, 0.15) is 25.7 Å². The third-order valence-corrected chi connectivity index (χ3v) is 4.53. The van der Waals surface area contributed by atoms with Gasteiger partial charge in [-0.25, -0.2) is 0 Å². The molecule has 0 radical (unpaired) electrons. The minimum absolute atomic E-state index is 0.123. The van der Waals surface area contributed by atoms with Crippen LogP contribution in [0.2, 0.25) is 0 Å². The fraction of sp³-hybridized carbons (Fsp3) is 0.800. The molecule has 0 saturated carbocycles. The lowest BCUT2D eigenvalue weighted by atomic mass is 9.92. The van der Waals surface area contributed by atoms with Crippen LogP contribution in [0, 0.1) is 5.92 Å². The van der Waals surface area contributed by atoms with Crippen LogP contribution in [0.25, 0.3) is 0 Å². The number of piperidine rings is 2. The van der Waals surface area contributed by atoms with Crippen molar-refractivity contribution in [2.24, 2.45) is 11.7 Å². The molecule has 2 aliphatic heterocycles. The summed E-state index contributed by atoms with van der Waals surface area (Å²) in [5.41, 5.74) is 5.31. The number of primary amides is 1. The maximum atomic E-state index is 12.4. The van der Waals surface area contributed by atoms with Gasteiger partial charge in [0.1, 0.15) is 5.92 Å². The molecule has 22 heavy (non-hydrogen) atoms. The summed E-state index contributed by atoms with van der Waals surface area (Å²) in [6.45, 7) is 2.45. The van der Waals surface area contributed by atoms with Gasteiger partial charge in [-0.2, -0.15) is 0 Å². The zero-order valence-electron chi connectivity index (χ0n) is 13.5. The van der Waals surface area contributed by atoms with Gasteiger partial charge < -0.3 is 20.4 Å². The molecule has 0 aromatic heterocycles. The highest BCUT2D eigenvalue weighted by Gasteiger charge is 2.37. The van der Waals surface area contributed by atoms with E-state index in [1.807, 2.05) is 28.8 Å². The van der Waals surface area contributed by atoms with Gasteiger partial charge in [-0.15, -0.1) is 0 Å². The standard InChI is InChI=1S/C15H26N4O3/c1-17(2)10-13(20)18-8-5-11(6-9-18)19-7-3-4-12(14(16)21)15(19)22/h11-12H,3-10H2,1-2H3,(H2,16,21). The van der Waals surface area contributed by atoms with Crippen molar-refractivity contribution in [1.82, 2.24) is 14.7 Å². The minimum Gasteiger partial charge on any atom is -0.369 e. The second kappa shape index (κ2) is 7.09. The van der Waals surface area contributed by atoms with Crippen LogP contribution in [-0.2, 0) is 14.4 Å². The van der Waals surface area contributed by atoms with Crippen LogP contribution in [0.5, 0.6) is 0 Å². The van der Waals surface area contributed by atoms with E-state index in [1.54, 1.807) is 0 Å². The largest absolute Gasteiger partial charge is 0.369 e. The first kappa shape index (κ1) is 16.7. The minimum atomic E-state index is -0.665. The lowest BCUT2D eigenvalue weighted by Crippen LogP contribution is -2.54. The van der Waals surface area contributed by atoms with Gasteiger partial charge >= 0.3 is 0 Å². The zero-order valence-corrected chi connectivity index (χ0v) is 13.5. The summed E-state index contributed by atoms with van der Waals surface area (Å²) in [6.07, 6.45) is 2.93. The fourth-order valence-corrected chi connectivity index (χ4v) is 3.32. The van der Waals surface area contributed by atoms with Gasteiger partial charge in [-0.3, -0.25) is 14.4 Å². The first-order valence-electron chi connectivity index (χ1n) is 7.92. The van der Waals surface area contributed by atoms with Crippen molar-refractivity contribution >= 4 is 17.7 Å². The molecular formula is C15H26N4O3. The molecule has 124 valence electrons. The Bertz CT molecular complexity index is 444. The molecule has 0 aliphatic carbocycles. The predicted molar refractivity (Wildman–Crippen MR) is 81.8 cm³/mol. The Kier molecular flexibility index (Phi) is 5.39. The van der Waals surface area contributed by atoms with Crippen LogP contribution < -0.4 is 5.73 Å². The molecule has 7 heteroatoms. The number of hydrogen-bond acceptors (Lipinski definition) is 4. The second-order valence-electron chi connectivity index (χ2n) is 6.48. The number of carbonyl (C=O) groups excluding carboxylic acids is 3. The van der Waals surface area contributed by atoms with Gasteiger partial charge in [-0.1, -0.05) is 0 Å². The molecule has 0 aromatic rings. The third kappa shape index (κ3) is 3.76. The zero-order chi connectivity index (χ0) is 16.3. The maximum absolute atomic E-state index is 12.4. The molecule has 0 bridgehead atoms. The van der Waals surface area contributed by atoms with Crippen LogP contribution in [0.3, 0.4) is 0 Å². The molecule has 1 atom stereocenters. The van der Waals surface area contributed by atoms with Crippen molar-refractivity contribution in [3.8, 4) is 0 Å². The molecule has 2 saturated heterocycles. The Balaban J connectivity index is 1.90. The number of hydrogen-bond donors (Lipinski definition) is 1. The van der Waals surface area contributed by atoms with Crippen LogP contribution in [0.4, 0.5) is 0 Å². The normalized spacial score (nSPS) is 24.0. The number of rotatable bonds is 4. The van der Waals surface area contributed by atoms with Gasteiger partial charge in [0.25, 0.3) is 0 Å². The molecule has 7 nitrogen and oxygen atoms in total. The SMILES string of the molecule is CN(C)CC(=O)N1CCC(N2CCCC(C(N)=O)C2=O)CC1. The van der Waals surface area contributed by atoms with E-state index >= 15 is 0 Å². The lowest BCUT2D eigenvalue weighted by molar-refractivity contribution is -0.147. The first-order valence-corrected chi connectivity index (χ1v) is 7.92. The molecule has 0 aromatic carbocycles. The summed E-state index contributed by atoms with van der Waals surface area (Å²) in [6, 6.07) is 0.123. The summed E-state index contributed by atoms with van der Waals surface area (Å²) < 4.78 is 0. The Morgan fingerprint density at radius 2 is 1.82 bits per heavy atom. The fourth-order valence-electron chi connectivity index (χ4n) is 3.32. The van der Waals surface area contributed by atoms with Crippen molar-refractivity contribution in [3.05, 3.63) is 0 Å². The molecule has 2 N–H and O–H groups in total. The van der Waals surface area contributed by atoms with Gasteiger partial charge in [0, 0.05) is 25.7 Å². The average molecular weight is 310 g/mol. The average Bonchev–Trinajstić information content (AvgIpc) is 2.46. The van der Waals surface area contributed by atoms with Crippen LogP contribution in [-0.4, -0.2) is 78.7 Å². The molecule has 3 amide bonds. The lowest BCUT2D eigenvalue weighted by Gasteiger charge is -2.41. The highest BCUT2D eigenvalue weighted by Crippen LogP contribution is 2.25. The summed E-state index contributed by atoms with van der Waals surface area (Å²) in [5.74, 6) is -1.18. The number of nitrogens with two attached hydrogens (primary N) is 1. The van der Waals surface area contributed by atoms with Gasteiger partial charge in [0.2, 0.25) is 17.7 Å². The van der Waals surface area contributed by atoms with E-state index in [0.717, 1.165) is 19.3 Å². The maximum Gasteiger partial charge on any atom is 0.236 e.